The average Bonchev–Trinajstić information content (AvgIpc) is 2.98. The van der Waals surface area contributed by atoms with E-state index in [4.69, 9.17) is 0 Å². The molecule has 0 aliphatic rings. The van der Waals surface area contributed by atoms with E-state index in [2.05, 4.69) is 4.98 Å². The van der Waals surface area contributed by atoms with Gasteiger partial charge in [-0.2, -0.15) is 0 Å². The standard InChI is InChI=1S/C20H21F2N3O3S/c1-13(14-8-9-15(21)16(22)10-14)24(2)20(26)11-25-18-7-5-4-6-17(18)23-19(25)12-29(3,27)28/h4-10,13H,11-12H2,1-3H3. The third kappa shape index (κ3) is 4.61. The molecule has 2 aromatic carbocycles. The monoisotopic (exact) mass is 421 g/mol. The number of hydrogen-bond acceptors (Lipinski definition) is 4. The van der Waals surface area contributed by atoms with Gasteiger partial charge in [0.15, 0.2) is 21.5 Å². The molecule has 1 unspecified atom stereocenters. The molecule has 0 spiro atoms. The molecule has 3 rings (SSSR count). The van der Waals surface area contributed by atoms with Gasteiger partial charge < -0.3 is 9.47 Å². The van der Waals surface area contributed by atoms with Gasteiger partial charge in [0.25, 0.3) is 0 Å². The van der Waals surface area contributed by atoms with E-state index < -0.39 is 27.5 Å². The molecule has 0 aliphatic heterocycles. The van der Waals surface area contributed by atoms with Crippen molar-refractivity contribution in [2.24, 2.45) is 0 Å². The van der Waals surface area contributed by atoms with Crippen LogP contribution in [-0.2, 0) is 26.9 Å². The first-order valence-corrected chi connectivity index (χ1v) is 11.0. The number of aromatic nitrogens is 2. The minimum Gasteiger partial charge on any atom is -0.337 e. The van der Waals surface area contributed by atoms with Crippen molar-refractivity contribution < 1.29 is 22.0 Å². The molecule has 0 saturated carbocycles. The van der Waals surface area contributed by atoms with Crippen molar-refractivity contribution in [1.29, 1.82) is 0 Å². The SMILES string of the molecule is CC(c1ccc(F)c(F)c1)N(C)C(=O)Cn1c(CS(C)(=O)=O)nc2ccccc21. The Morgan fingerprint density at radius 2 is 1.86 bits per heavy atom. The molecule has 0 bridgehead atoms. The van der Waals surface area contributed by atoms with E-state index in [1.165, 1.54) is 11.0 Å². The van der Waals surface area contributed by atoms with Crippen LogP contribution in [0.15, 0.2) is 42.5 Å². The Morgan fingerprint density at radius 1 is 1.17 bits per heavy atom. The maximum Gasteiger partial charge on any atom is 0.242 e. The molecule has 0 N–H and O–H groups in total. The van der Waals surface area contributed by atoms with Crippen LogP contribution in [0.4, 0.5) is 8.78 Å². The summed E-state index contributed by atoms with van der Waals surface area (Å²) in [7, 11) is -1.80. The van der Waals surface area contributed by atoms with Crippen molar-refractivity contribution in [2.45, 2.75) is 25.3 Å². The first-order chi connectivity index (χ1) is 13.6. The van der Waals surface area contributed by atoms with E-state index >= 15 is 0 Å². The Balaban J connectivity index is 1.90. The van der Waals surface area contributed by atoms with Crippen LogP contribution in [0.3, 0.4) is 0 Å². The quantitative estimate of drug-likeness (QED) is 0.613. The van der Waals surface area contributed by atoms with E-state index in [0.29, 0.717) is 16.6 Å². The highest BCUT2D eigenvalue weighted by Gasteiger charge is 2.22. The maximum absolute atomic E-state index is 13.5. The number of hydrogen-bond donors (Lipinski definition) is 0. The Hall–Kier alpha value is -2.81. The highest BCUT2D eigenvalue weighted by atomic mass is 32.2. The summed E-state index contributed by atoms with van der Waals surface area (Å²) in [4.78, 5) is 18.7. The zero-order valence-electron chi connectivity index (χ0n) is 16.3. The lowest BCUT2D eigenvalue weighted by molar-refractivity contribution is -0.132. The Bertz CT molecular complexity index is 1170. The second-order valence-corrected chi connectivity index (χ2v) is 9.17. The smallest absolute Gasteiger partial charge is 0.242 e. The number of carbonyl (C=O) groups is 1. The number of benzene rings is 2. The summed E-state index contributed by atoms with van der Waals surface area (Å²) in [6.45, 7) is 1.57. The second kappa shape index (κ2) is 7.90. The van der Waals surface area contributed by atoms with Gasteiger partial charge in [-0.1, -0.05) is 18.2 Å². The fourth-order valence-corrected chi connectivity index (χ4v) is 3.79. The summed E-state index contributed by atoms with van der Waals surface area (Å²) in [5.41, 5.74) is 1.69. The van der Waals surface area contributed by atoms with Gasteiger partial charge in [-0.15, -0.1) is 0 Å². The van der Waals surface area contributed by atoms with Crippen molar-refractivity contribution >= 4 is 26.8 Å². The molecule has 154 valence electrons. The topological polar surface area (TPSA) is 72.3 Å². The molecule has 1 aromatic heterocycles. The largest absolute Gasteiger partial charge is 0.337 e. The highest BCUT2D eigenvalue weighted by molar-refractivity contribution is 7.89. The van der Waals surface area contributed by atoms with Gasteiger partial charge in [-0.3, -0.25) is 4.79 Å². The molecule has 0 aliphatic carbocycles. The summed E-state index contributed by atoms with van der Waals surface area (Å²) < 4.78 is 51.9. The van der Waals surface area contributed by atoms with Crippen LogP contribution in [0.1, 0.15) is 24.4 Å². The molecule has 3 aromatic rings. The number of carbonyl (C=O) groups excluding carboxylic acids is 1. The zero-order chi connectivity index (χ0) is 21.3. The molecule has 0 saturated heterocycles. The van der Waals surface area contributed by atoms with Crippen LogP contribution in [0.25, 0.3) is 11.0 Å². The number of nitrogens with zero attached hydrogens (tertiary/aromatic N) is 3. The van der Waals surface area contributed by atoms with Gasteiger partial charge in [0.1, 0.15) is 18.1 Å². The lowest BCUT2D eigenvalue weighted by atomic mass is 10.1. The predicted octanol–water partition coefficient (Wildman–Crippen LogP) is 3.08. The molecular weight excluding hydrogens is 400 g/mol. The lowest BCUT2D eigenvalue weighted by Crippen LogP contribution is -2.33. The Morgan fingerprint density at radius 3 is 2.52 bits per heavy atom. The summed E-state index contributed by atoms with van der Waals surface area (Å²) >= 11 is 0. The zero-order valence-corrected chi connectivity index (χ0v) is 17.1. The van der Waals surface area contributed by atoms with Crippen molar-refractivity contribution in [3.8, 4) is 0 Å². The minimum absolute atomic E-state index is 0.129. The van der Waals surface area contributed by atoms with Crippen LogP contribution >= 0.6 is 0 Å². The van der Waals surface area contributed by atoms with Gasteiger partial charge in [-0.25, -0.2) is 22.2 Å². The van der Waals surface area contributed by atoms with E-state index in [9.17, 15) is 22.0 Å². The first kappa shape index (κ1) is 20.9. The van der Waals surface area contributed by atoms with Crippen LogP contribution in [0.5, 0.6) is 0 Å². The third-order valence-corrected chi connectivity index (χ3v) is 5.60. The Labute approximate surface area is 167 Å². The van der Waals surface area contributed by atoms with Crippen molar-refractivity contribution in [3.05, 3.63) is 65.5 Å². The fourth-order valence-electron chi connectivity index (χ4n) is 3.11. The molecule has 1 amide bonds. The van der Waals surface area contributed by atoms with Crippen LogP contribution in [0.2, 0.25) is 0 Å². The van der Waals surface area contributed by atoms with Gasteiger partial charge in [-0.05, 0) is 36.8 Å². The van der Waals surface area contributed by atoms with Crippen LogP contribution < -0.4 is 0 Å². The van der Waals surface area contributed by atoms with Gasteiger partial charge in [0, 0.05) is 13.3 Å². The van der Waals surface area contributed by atoms with Crippen molar-refractivity contribution in [2.75, 3.05) is 13.3 Å². The Kier molecular flexibility index (Phi) is 5.70. The van der Waals surface area contributed by atoms with E-state index in [1.807, 2.05) is 0 Å². The minimum atomic E-state index is -3.36. The number of para-hydroxylation sites is 2. The van der Waals surface area contributed by atoms with E-state index in [1.54, 1.807) is 42.8 Å². The number of rotatable bonds is 6. The summed E-state index contributed by atoms with van der Waals surface area (Å²) in [5, 5.41) is 0. The lowest BCUT2D eigenvalue weighted by Gasteiger charge is -2.26. The van der Waals surface area contributed by atoms with Crippen LogP contribution in [0, 0.1) is 11.6 Å². The number of imidazole rings is 1. The summed E-state index contributed by atoms with van der Waals surface area (Å²) in [6, 6.07) is 10.1. The van der Waals surface area contributed by atoms with Gasteiger partial charge >= 0.3 is 0 Å². The number of likely N-dealkylation sites (N-methyl/N-ethyl adjacent to an activating group) is 1. The van der Waals surface area contributed by atoms with Gasteiger partial charge in [0.2, 0.25) is 5.91 Å². The number of amides is 1. The molecule has 6 nitrogen and oxygen atoms in total. The number of fused-ring (bicyclic) bond motifs is 1. The normalized spacial score (nSPS) is 12.9. The molecule has 0 radical (unpaired) electrons. The molecular formula is C20H21F2N3O3S. The van der Waals surface area contributed by atoms with Gasteiger partial charge in [0.05, 0.1) is 17.1 Å². The molecule has 1 atom stereocenters. The van der Waals surface area contributed by atoms with E-state index in [-0.39, 0.29) is 24.0 Å². The fraction of sp³-hybridized carbons (Fsp3) is 0.300. The van der Waals surface area contributed by atoms with Crippen LogP contribution in [-0.4, -0.2) is 42.1 Å². The summed E-state index contributed by atoms with van der Waals surface area (Å²) in [6.07, 6.45) is 1.11. The second-order valence-electron chi connectivity index (χ2n) is 7.03. The third-order valence-electron chi connectivity index (χ3n) is 4.82. The number of halogens is 2. The number of sulfone groups is 1. The highest BCUT2D eigenvalue weighted by Crippen LogP contribution is 2.23. The summed E-state index contributed by atoms with van der Waals surface area (Å²) in [5.74, 6) is -2.27. The molecule has 9 heteroatoms. The predicted molar refractivity (Wildman–Crippen MR) is 106 cm³/mol. The first-order valence-electron chi connectivity index (χ1n) is 8.89. The maximum atomic E-state index is 13.5. The van der Waals surface area contributed by atoms with Crippen molar-refractivity contribution in [1.82, 2.24) is 14.5 Å². The van der Waals surface area contributed by atoms with Crippen molar-refractivity contribution in [3.63, 3.8) is 0 Å². The molecule has 1 heterocycles. The average molecular weight is 421 g/mol. The molecule has 29 heavy (non-hydrogen) atoms. The molecule has 0 fully saturated rings. The van der Waals surface area contributed by atoms with E-state index in [0.717, 1.165) is 18.4 Å².